The Morgan fingerprint density at radius 1 is 1.00 bits per heavy atom. The zero-order valence-corrected chi connectivity index (χ0v) is 20.8. The molecular weight excluding hydrogens is 466 g/mol. The van der Waals surface area contributed by atoms with Crippen molar-refractivity contribution in [3.8, 4) is 0 Å². The number of carbonyl (C=O) groups excluding carboxylic acids is 2. The molecule has 0 saturated heterocycles. The Hall–Kier alpha value is -4.20. The monoisotopic (exact) mass is 497 g/mol. The van der Waals surface area contributed by atoms with E-state index in [1.807, 2.05) is 55.5 Å². The largest absolute Gasteiger partial charge is 0.461 e. The lowest BCUT2D eigenvalue weighted by Crippen LogP contribution is -2.30. The Kier molecular flexibility index (Phi) is 8.86. The zero-order valence-electron chi connectivity index (χ0n) is 20.8. The van der Waals surface area contributed by atoms with E-state index in [4.69, 9.17) is 9.94 Å². The summed E-state index contributed by atoms with van der Waals surface area (Å²) in [6, 6.07) is 23.5. The van der Waals surface area contributed by atoms with E-state index in [0.717, 1.165) is 35.2 Å². The third-order valence-corrected chi connectivity index (χ3v) is 6.22. The smallest absolute Gasteiger partial charge is 0.338 e. The number of nitrogens with one attached hydrogen (secondary N) is 2. The number of para-hydroxylation sites is 1. The number of amides is 1. The molecule has 0 aliphatic heterocycles. The lowest BCUT2D eigenvalue weighted by Gasteiger charge is -2.22. The van der Waals surface area contributed by atoms with Crippen LogP contribution in [0, 0.1) is 6.92 Å². The van der Waals surface area contributed by atoms with Crippen LogP contribution in [-0.4, -0.2) is 46.7 Å². The SMILES string of the molecule is Cc1ccc(C(=O)OCCN(CCc2c[nH]c3ccccc23)Cc2ccc(C=CC(=O)NO)cc2)cc1. The summed E-state index contributed by atoms with van der Waals surface area (Å²) in [6.45, 7) is 4.35. The molecule has 0 unspecified atom stereocenters. The zero-order chi connectivity index (χ0) is 26.0. The van der Waals surface area contributed by atoms with Crippen molar-refractivity contribution in [3.63, 3.8) is 0 Å². The summed E-state index contributed by atoms with van der Waals surface area (Å²) in [5.41, 5.74) is 7.55. The quantitative estimate of drug-likeness (QED) is 0.119. The number of hydrogen-bond acceptors (Lipinski definition) is 5. The van der Waals surface area contributed by atoms with Crippen LogP contribution in [0.3, 0.4) is 0 Å². The number of aromatic amines is 1. The first-order valence-electron chi connectivity index (χ1n) is 12.2. The summed E-state index contributed by atoms with van der Waals surface area (Å²) < 4.78 is 5.57. The summed E-state index contributed by atoms with van der Waals surface area (Å²) in [7, 11) is 0. The van der Waals surface area contributed by atoms with Gasteiger partial charge >= 0.3 is 5.97 Å². The van der Waals surface area contributed by atoms with Gasteiger partial charge in [0, 0.05) is 42.8 Å². The molecule has 0 saturated carbocycles. The highest BCUT2D eigenvalue weighted by atomic mass is 16.5. The van der Waals surface area contributed by atoms with Gasteiger partial charge in [-0.25, -0.2) is 10.3 Å². The number of benzene rings is 3. The molecule has 3 N–H and O–H groups in total. The Bertz CT molecular complexity index is 1360. The topological polar surface area (TPSA) is 94.7 Å². The van der Waals surface area contributed by atoms with Crippen molar-refractivity contribution in [1.29, 1.82) is 0 Å². The van der Waals surface area contributed by atoms with Crippen molar-refractivity contribution < 1.29 is 19.5 Å². The van der Waals surface area contributed by atoms with Gasteiger partial charge < -0.3 is 9.72 Å². The van der Waals surface area contributed by atoms with Crippen molar-refractivity contribution in [2.75, 3.05) is 19.7 Å². The van der Waals surface area contributed by atoms with E-state index < -0.39 is 5.91 Å². The van der Waals surface area contributed by atoms with Gasteiger partial charge in [-0.05, 0) is 54.3 Å². The minimum atomic E-state index is -0.576. The first-order valence-corrected chi connectivity index (χ1v) is 12.2. The number of rotatable bonds is 11. The number of nitrogens with zero attached hydrogens (tertiary/aromatic N) is 1. The number of H-pyrrole nitrogens is 1. The van der Waals surface area contributed by atoms with Crippen LogP contribution >= 0.6 is 0 Å². The predicted molar refractivity (Wildman–Crippen MR) is 144 cm³/mol. The van der Waals surface area contributed by atoms with Gasteiger partial charge in [0.25, 0.3) is 5.91 Å². The molecule has 7 nitrogen and oxygen atoms in total. The maximum atomic E-state index is 12.5. The number of fused-ring (bicyclic) bond motifs is 1. The Labute approximate surface area is 216 Å². The molecular formula is C30H31N3O4. The first-order chi connectivity index (χ1) is 18.0. The van der Waals surface area contributed by atoms with Gasteiger partial charge in [0.15, 0.2) is 0 Å². The van der Waals surface area contributed by atoms with Gasteiger partial charge in [0.1, 0.15) is 6.61 Å². The second kappa shape index (κ2) is 12.7. The van der Waals surface area contributed by atoms with E-state index in [2.05, 4.69) is 28.2 Å². The number of aromatic nitrogens is 1. The molecule has 4 aromatic rings. The van der Waals surface area contributed by atoms with Gasteiger partial charge in [-0.2, -0.15) is 0 Å². The molecule has 0 radical (unpaired) electrons. The van der Waals surface area contributed by atoms with Crippen LogP contribution in [0.1, 0.15) is 32.6 Å². The second-order valence-corrected chi connectivity index (χ2v) is 8.94. The molecule has 0 aliphatic rings. The van der Waals surface area contributed by atoms with E-state index in [1.165, 1.54) is 17.0 Å². The highest BCUT2D eigenvalue weighted by Crippen LogP contribution is 2.19. The van der Waals surface area contributed by atoms with Gasteiger partial charge in [0.05, 0.1) is 5.56 Å². The van der Waals surface area contributed by atoms with Crippen molar-refractivity contribution in [3.05, 3.63) is 113 Å². The van der Waals surface area contributed by atoms with Crippen molar-refractivity contribution >= 4 is 28.9 Å². The van der Waals surface area contributed by atoms with Gasteiger partial charge in [-0.3, -0.25) is 14.9 Å². The number of hydrogen-bond donors (Lipinski definition) is 3. The number of aryl methyl sites for hydroxylation is 1. The van der Waals surface area contributed by atoms with Crippen LogP contribution in [0.4, 0.5) is 0 Å². The van der Waals surface area contributed by atoms with Crippen molar-refractivity contribution in [2.45, 2.75) is 19.9 Å². The van der Waals surface area contributed by atoms with Crippen LogP contribution in [0.15, 0.2) is 85.1 Å². The van der Waals surface area contributed by atoms with E-state index in [1.54, 1.807) is 23.7 Å². The van der Waals surface area contributed by atoms with Gasteiger partial charge in [-0.15, -0.1) is 0 Å². The highest BCUT2D eigenvalue weighted by Gasteiger charge is 2.12. The Morgan fingerprint density at radius 3 is 2.51 bits per heavy atom. The molecule has 0 atom stereocenters. The molecule has 3 aromatic carbocycles. The number of hydroxylamine groups is 1. The van der Waals surface area contributed by atoms with Crippen LogP contribution in [0.2, 0.25) is 0 Å². The molecule has 1 heterocycles. The summed E-state index contributed by atoms with van der Waals surface area (Å²) in [5, 5.41) is 9.84. The van der Waals surface area contributed by atoms with Crippen molar-refractivity contribution in [2.24, 2.45) is 0 Å². The maximum absolute atomic E-state index is 12.5. The fraction of sp³-hybridized carbons (Fsp3) is 0.200. The van der Waals surface area contributed by atoms with Crippen LogP contribution in [0.25, 0.3) is 17.0 Å². The van der Waals surface area contributed by atoms with E-state index in [0.29, 0.717) is 18.7 Å². The molecule has 4 rings (SSSR count). The van der Waals surface area contributed by atoms with E-state index >= 15 is 0 Å². The van der Waals surface area contributed by atoms with Crippen LogP contribution in [0.5, 0.6) is 0 Å². The third kappa shape index (κ3) is 7.39. The van der Waals surface area contributed by atoms with Crippen LogP contribution in [-0.2, 0) is 22.5 Å². The summed E-state index contributed by atoms with van der Waals surface area (Å²) in [6.07, 6.45) is 5.82. The molecule has 0 fully saturated rings. The fourth-order valence-electron chi connectivity index (χ4n) is 4.13. The Balaban J connectivity index is 1.40. The summed E-state index contributed by atoms with van der Waals surface area (Å²) in [4.78, 5) is 29.3. The van der Waals surface area contributed by atoms with Crippen LogP contribution < -0.4 is 5.48 Å². The van der Waals surface area contributed by atoms with E-state index in [-0.39, 0.29) is 12.6 Å². The van der Waals surface area contributed by atoms with Gasteiger partial charge in [0.2, 0.25) is 0 Å². The highest BCUT2D eigenvalue weighted by molar-refractivity contribution is 5.91. The molecule has 1 amide bonds. The van der Waals surface area contributed by atoms with Crippen molar-refractivity contribution in [1.82, 2.24) is 15.4 Å². The first kappa shape index (κ1) is 25.9. The normalized spacial score (nSPS) is 11.3. The number of ether oxygens (including phenoxy) is 1. The average molecular weight is 498 g/mol. The second-order valence-electron chi connectivity index (χ2n) is 8.94. The lowest BCUT2D eigenvalue weighted by molar-refractivity contribution is -0.124. The molecule has 7 heteroatoms. The predicted octanol–water partition coefficient (Wildman–Crippen LogP) is 4.90. The molecule has 37 heavy (non-hydrogen) atoms. The minimum absolute atomic E-state index is 0.289. The minimum Gasteiger partial charge on any atom is -0.461 e. The summed E-state index contributed by atoms with van der Waals surface area (Å²) >= 11 is 0. The number of carbonyl (C=O) groups is 2. The Morgan fingerprint density at radius 2 is 1.76 bits per heavy atom. The molecule has 1 aromatic heterocycles. The average Bonchev–Trinajstić information content (AvgIpc) is 3.34. The molecule has 0 spiro atoms. The third-order valence-electron chi connectivity index (χ3n) is 6.22. The number of esters is 1. The summed E-state index contributed by atoms with van der Waals surface area (Å²) in [5.74, 6) is -0.896. The van der Waals surface area contributed by atoms with Gasteiger partial charge in [-0.1, -0.05) is 60.2 Å². The standard InChI is InChI=1S/C30H31N3O4/c1-22-6-13-25(14-7-22)30(35)37-19-18-33(17-16-26-20-31-28-5-3-2-4-27(26)28)21-24-10-8-23(9-11-24)12-15-29(34)32-36/h2-15,20,31,36H,16-19,21H2,1H3,(H,32,34). The lowest BCUT2D eigenvalue weighted by atomic mass is 10.1. The maximum Gasteiger partial charge on any atom is 0.338 e. The molecule has 0 aliphatic carbocycles. The van der Waals surface area contributed by atoms with E-state index in [9.17, 15) is 9.59 Å². The molecule has 190 valence electrons. The fourth-order valence-corrected chi connectivity index (χ4v) is 4.13. The molecule has 0 bridgehead atoms.